The second kappa shape index (κ2) is 18.2. The average Bonchev–Trinajstić information content (AvgIpc) is 3.44. The molecule has 1 saturated carbocycles. The Morgan fingerprint density at radius 2 is 1.46 bits per heavy atom. The molecule has 2 unspecified atom stereocenters. The number of carboxylic acids is 2. The monoisotopic (exact) mass is 672 g/mol. The molecule has 0 saturated heterocycles. The number of esters is 4. The van der Waals surface area contributed by atoms with E-state index in [-0.39, 0.29) is 17.4 Å². The molecule has 2 N–H and O–H groups in total. The zero-order valence-corrected chi connectivity index (χ0v) is 28.4. The molecule has 4 atom stereocenters. The van der Waals surface area contributed by atoms with Crippen LogP contribution in [0, 0.1) is 17.3 Å². The molecule has 0 amide bonds. The predicted molar refractivity (Wildman–Crippen MR) is 173 cm³/mol. The zero-order chi connectivity index (χ0) is 36.0. The Hall–Kier alpha value is -4.48. The summed E-state index contributed by atoms with van der Waals surface area (Å²) in [5.74, 6) is -15.6. The van der Waals surface area contributed by atoms with E-state index in [1.54, 1.807) is 12.1 Å². The first-order valence-corrected chi connectivity index (χ1v) is 16.3. The molecule has 0 heterocycles. The Labute approximate surface area is 281 Å². The summed E-state index contributed by atoms with van der Waals surface area (Å²) < 4.78 is 21.5. The lowest BCUT2D eigenvalue weighted by Crippen LogP contribution is -2.73. The first-order valence-electron chi connectivity index (χ1n) is 16.3. The Balaban J connectivity index is 2.76. The molecule has 1 aromatic rings. The van der Waals surface area contributed by atoms with Crippen LogP contribution in [0.4, 0.5) is 0 Å². The van der Waals surface area contributed by atoms with Crippen molar-refractivity contribution in [1.82, 2.24) is 0 Å². The Morgan fingerprint density at radius 1 is 0.833 bits per heavy atom. The van der Waals surface area contributed by atoms with Crippen LogP contribution in [0.3, 0.4) is 0 Å². The number of carbonyl (C=O) groups excluding carboxylic acids is 4. The van der Waals surface area contributed by atoms with Gasteiger partial charge in [-0.1, -0.05) is 75.1 Å². The number of carbonyl (C=O) groups is 6. The van der Waals surface area contributed by atoms with E-state index < -0.39 is 59.2 Å². The van der Waals surface area contributed by atoms with Crippen molar-refractivity contribution in [1.29, 1.82) is 0 Å². The molecule has 0 aliphatic heterocycles. The number of benzene rings is 1. The van der Waals surface area contributed by atoms with Gasteiger partial charge in [0.05, 0.1) is 17.4 Å². The average molecular weight is 673 g/mol. The number of aliphatic carboxylic acids is 2. The predicted octanol–water partition coefficient (Wildman–Crippen LogP) is 6.38. The van der Waals surface area contributed by atoms with Crippen molar-refractivity contribution in [3.63, 3.8) is 0 Å². The molecule has 1 fully saturated rings. The Kier molecular flexibility index (Phi) is 15.0. The minimum absolute atomic E-state index is 0.156. The number of hydrogen-bond donors (Lipinski definition) is 2. The number of hydrogen-bond acceptors (Lipinski definition) is 10. The van der Waals surface area contributed by atoms with Gasteiger partial charge in [0.1, 0.15) is 0 Å². The van der Waals surface area contributed by atoms with Gasteiger partial charge in [-0.15, -0.1) is 0 Å². The number of allylic oxidation sites excluding steroid dienone is 3. The molecule has 48 heavy (non-hydrogen) atoms. The molecule has 1 aliphatic carbocycles. The van der Waals surface area contributed by atoms with E-state index in [1.807, 2.05) is 0 Å². The summed E-state index contributed by atoms with van der Waals surface area (Å²) in [6.45, 7) is 5.75. The number of ether oxygens (including phenoxy) is 4. The van der Waals surface area contributed by atoms with E-state index in [0.717, 1.165) is 72.6 Å². The molecule has 264 valence electrons. The van der Waals surface area contributed by atoms with Crippen molar-refractivity contribution in [2.75, 3.05) is 0 Å². The molecule has 1 aliphatic rings. The van der Waals surface area contributed by atoms with Crippen LogP contribution >= 0.6 is 0 Å². The summed E-state index contributed by atoms with van der Waals surface area (Å²) in [5, 5.41) is 20.7. The minimum Gasteiger partial charge on any atom is -0.481 e. The van der Waals surface area contributed by atoms with Gasteiger partial charge in [0, 0.05) is 20.8 Å². The maximum absolute atomic E-state index is 13.7. The molecule has 2 rings (SSSR count). The van der Waals surface area contributed by atoms with Gasteiger partial charge in [-0.2, -0.15) is 0 Å². The Morgan fingerprint density at radius 3 is 2.00 bits per heavy atom. The maximum atomic E-state index is 13.7. The van der Waals surface area contributed by atoms with Gasteiger partial charge in [-0.25, -0.2) is 9.59 Å². The lowest BCUT2D eigenvalue weighted by atomic mass is 9.72. The Bertz CT molecular complexity index is 1330. The zero-order valence-electron chi connectivity index (χ0n) is 28.4. The van der Waals surface area contributed by atoms with Crippen LogP contribution in [0.2, 0.25) is 0 Å². The summed E-state index contributed by atoms with van der Waals surface area (Å²) in [6.07, 6.45) is 15.0. The molecule has 12 heteroatoms. The number of rotatable bonds is 19. The van der Waals surface area contributed by atoms with Crippen LogP contribution in [0.1, 0.15) is 109 Å². The maximum Gasteiger partial charge on any atom is 0.436 e. The van der Waals surface area contributed by atoms with Crippen LogP contribution < -0.4 is 0 Å². The minimum atomic E-state index is -3.69. The summed E-state index contributed by atoms with van der Waals surface area (Å²) in [7, 11) is 0. The van der Waals surface area contributed by atoms with E-state index in [0.29, 0.717) is 6.42 Å². The van der Waals surface area contributed by atoms with Crippen molar-refractivity contribution < 1.29 is 57.9 Å². The molecule has 0 bridgehead atoms. The van der Waals surface area contributed by atoms with Crippen molar-refractivity contribution in [3.8, 4) is 0 Å². The van der Waals surface area contributed by atoms with Crippen molar-refractivity contribution in [2.45, 2.75) is 110 Å². The standard InChI is InChI=1S/C36H48O12/c1-6-7-8-9-10-12-17-28-20-15-21-29(28)22-16-23-34(5,24-31(40)41)36(47-27(4)39,48-32(42)30-18-13-11-14-19-30)35(33(43)44,45-25(2)37)46-26(3)38/h11-14,16-19,23,28-29H,6-10,15,20-22,24H2,1-5H3,(H,40,41)(H,43,44)/b17-12+,23-16-/t28-,29+,34?,36?/m0/s1. The van der Waals surface area contributed by atoms with Gasteiger partial charge < -0.3 is 29.2 Å². The fourth-order valence-electron chi connectivity index (χ4n) is 6.19. The van der Waals surface area contributed by atoms with Crippen LogP contribution in [0.5, 0.6) is 0 Å². The lowest BCUT2D eigenvalue weighted by Gasteiger charge is -2.50. The third kappa shape index (κ3) is 10.3. The molecular formula is C36H48O12. The first kappa shape index (κ1) is 39.7. The van der Waals surface area contributed by atoms with Gasteiger partial charge in [-0.05, 0) is 63.0 Å². The van der Waals surface area contributed by atoms with E-state index in [1.165, 1.54) is 36.8 Å². The van der Waals surface area contributed by atoms with E-state index in [2.05, 4.69) is 19.1 Å². The fraction of sp³-hybridized carbons (Fsp3) is 0.556. The van der Waals surface area contributed by atoms with Crippen molar-refractivity contribution >= 4 is 35.8 Å². The largest absolute Gasteiger partial charge is 0.481 e. The number of unbranched alkanes of at least 4 members (excludes halogenated alkanes) is 4. The topological polar surface area (TPSA) is 180 Å². The second-order valence-electron chi connectivity index (χ2n) is 12.3. The van der Waals surface area contributed by atoms with Gasteiger partial charge in [0.25, 0.3) is 0 Å². The highest BCUT2D eigenvalue weighted by molar-refractivity contribution is 5.91. The van der Waals surface area contributed by atoms with E-state index >= 15 is 0 Å². The van der Waals surface area contributed by atoms with Crippen LogP contribution in [-0.4, -0.2) is 57.6 Å². The highest BCUT2D eigenvalue weighted by atomic mass is 16.8. The molecule has 0 aromatic heterocycles. The molecule has 12 nitrogen and oxygen atoms in total. The smallest absolute Gasteiger partial charge is 0.436 e. The second-order valence-corrected chi connectivity index (χ2v) is 12.3. The number of carboxylic acid groups (broad SMARTS) is 2. The summed E-state index contributed by atoms with van der Waals surface area (Å²) in [5.41, 5.74) is -2.47. The van der Waals surface area contributed by atoms with Gasteiger partial charge in [0.15, 0.2) is 0 Å². The lowest BCUT2D eigenvalue weighted by molar-refractivity contribution is -0.374. The first-order chi connectivity index (χ1) is 22.6. The SMILES string of the molecule is CCCCCC/C=C/[C@H]1CCC[C@@H]1C/C=C\C(C)(CC(=O)O)C(OC(C)=O)(OC(=O)c1ccccc1)C(OC(C)=O)(OC(C)=O)C(=O)O. The third-order valence-electron chi connectivity index (χ3n) is 8.34. The summed E-state index contributed by atoms with van der Waals surface area (Å²) in [4.78, 5) is 77.0. The normalized spacial score (nSPS) is 18.9. The van der Waals surface area contributed by atoms with Crippen molar-refractivity contribution in [3.05, 3.63) is 60.2 Å². The van der Waals surface area contributed by atoms with E-state index in [9.17, 15) is 39.0 Å². The van der Waals surface area contributed by atoms with Gasteiger partial charge in [-0.3, -0.25) is 19.2 Å². The van der Waals surface area contributed by atoms with Crippen molar-refractivity contribution in [2.24, 2.45) is 17.3 Å². The van der Waals surface area contributed by atoms with Gasteiger partial charge >= 0.3 is 47.4 Å². The quantitative estimate of drug-likeness (QED) is 0.0718. The highest BCUT2D eigenvalue weighted by Crippen LogP contribution is 2.51. The van der Waals surface area contributed by atoms with Crippen LogP contribution in [0.25, 0.3) is 0 Å². The summed E-state index contributed by atoms with van der Waals surface area (Å²) in [6, 6.07) is 7.15. The highest BCUT2D eigenvalue weighted by Gasteiger charge is 2.77. The molecule has 0 radical (unpaired) electrons. The third-order valence-corrected chi connectivity index (χ3v) is 8.34. The van der Waals surface area contributed by atoms with Crippen LogP contribution in [0.15, 0.2) is 54.6 Å². The molecule has 1 aromatic carbocycles. The fourth-order valence-corrected chi connectivity index (χ4v) is 6.19. The van der Waals surface area contributed by atoms with Crippen LogP contribution in [-0.2, 0) is 42.9 Å². The molecular weight excluding hydrogens is 624 g/mol. The molecule has 0 spiro atoms. The van der Waals surface area contributed by atoms with E-state index in [4.69, 9.17) is 18.9 Å². The summed E-state index contributed by atoms with van der Waals surface area (Å²) >= 11 is 0. The van der Waals surface area contributed by atoms with Gasteiger partial charge in [0.2, 0.25) is 0 Å².